The smallest absolute Gasteiger partial charge is 0.240 e. The van der Waals surface area contributed by atoms with Gasteiger partial charge in [-0.25, -0.2) is 13.1 Å². The number of sulfonamides is 1. The lowest BCUT2D eigenvalue weighted by molar-refractivity contribution is -0.121. The minimum Gasteiger partial charge on any atom is -0.352 e. The Labute approximate surface area is 136 Å². The number of nitrogens with zero attached hydrogens (tertiary/aromatic N) is 1. The van der Waals surface area contributed by atoms with Crippen LogP contribution in [0.5, 0.6) is 0 Å². The van der Waals surface area contributed by atoms with Gasteiger partial charge in [-0.1, -0.05) is 17.7 Å². The van der Waals surface area contributed by atoms with E-state index in [1.165, 1.54) is 0 Å². The van der Waals surface area contributed by atoms with E-state index in [0.29, 0.717) is 6.54 Å². The molecule has 23 heavy (non-hydrogen) atoms. The van der Waals surface area contributed by atoms with Gasteiger partial charge >= 0.3 is 0 Å². The monoisotopic (exact) mass is 333 g/mol. The summed E-state index contributed by atoms with van der Waals surface area (Å²) >= 11 is 0. The van der Waals surface area contributed by atoms with E-state index < -0.39 is 10.0 Å². The summed E-state index contributed by atoms with van der Waals surface area (Å²) in [5.74, 6) is -0.214. The molecule has 0 saturated heterocycles. The summed E-state index contributed by atoms with van der Waals surface area (Å²) in [5, 5.41) is 2.73. The van der Waals surface area contributed by atoms with E-state index in [1.807, 2.05) is 6.92 Å². The first-order chi connectivity index (χ1) is 11.0. The third-order valence-corrected chi connectivity index (χ3v) is 4.69. The van der Waals surface area contributed by atoms with Crippen molar-refractivity contribution in [2.45, 2.75) is 24.8 Å². The number of carbonyl (C=O) groups excluding carboxylic acids is 1. The summed E-state index contributed by atoms with van der Waals surface area (Å²) < 4.78 is 26.5. The normalized spacial score (nSPS) is 11.2. The molecule has 1 aromatic carbocycles. The molecule has 0 radical (unpaired) electrons. The summed E-state index contributed by atoms with van der Waals surface area (Å²) in [6, 6.07) is 10.2. The molecule has 0 aliphatic carbocycles. The standard InChI is InChI=1S/C16H19N3O3S/c1-13-2-4-15(5-3-13)23(21,22)19-11-8-16(20)18-12-14-6-9-17-10-7-14/h2-7,9-10,19H,8,11-12H2,1H3,(H,18,20). The predicted molar refractivity (Wildman–Crippen MR) is 87.1 cm³/mol. The van der Waals surface area contributed by atoms with Crippen LogP contribution in [0.25, 0.3) is 0 Å². The maximum Gasteiger partial charge on any atom is 0.240 e. The topological polar surface area (TPSA) is 88.2 Å². The van der Waals surface area contributed by atoms with Crippen molar-refractivity contribution >= 4 is 15.9 Å². The lowest BCUT2D eigenvalue weighted by Gasteiger charge is -2.08. The van der Waals surface area contributed by atoms with Crippen molar-refractivity contribution < 1.29 is 13.2 Å². The Morgan fingerprint density at radius 1 is 1.09 bits per heavy atom. The summed E-state index contributed by atoms with van der Waals surface area (Å²) in [6.07, 6.45) is 3.38. The van der Waals surface area contributed by atoms with Crippen LogP contribution in [0.15, 0.2) is 53.7 Å². The molecule has 1 amide bonds. The van der Waals surface area contributed by atoms with Crippen molar-refractivity contribution in [3.05, 3.63) is 59.9 Å². The second-order valence-electron chi connectivity index (χ2n) is 5.09. The van der Waals surface area contributed by atoms with Gasteiger partial charge in [-0.15, -0.1) is 0 Å². The molecule has 0 spiro atoms. The Morgan fingerprint density at radius 3 is 2.39 bits per heavy atom. The molecule has 122 valence electrons. The first-order valence-corrected chi connectivity index (χ1v) is 8.67. The Kier molecular flexibility index (Phi) is 5.84. The van der Waals surface area contributed by atoms with Gasteiger partial charge in [-0.2, -0.15) is 0 Å². The molecule has 1 heterocycles. The van der Waals surface area contributed by atoms with Crippen LogP contribution in [0, 0.1) is 6.92 Å². The van der Waals surface area contributed by atoms with Gasteiger partial charge in [-0.3, -0.25) is 9.78 Å². The number of amides is 1. The van der Waals surface area contributed by atoms with Gasteiger partial charge in [0.15, 0.2) is 0 Å². The summed E-state index contributed by atoms with van der Waals surface area (Å²) in [7, 11) is -3.58. The largest absolute Gasteiger partial charge is 0.352 e. The fourth-order valence-corrected chi connectivity index (χ4v) is 2.92. The predicted octanol–water partition coefficient (Wildman–Crippen LogP) is 1.37. The Morgan fingerprint density at radius 2 is 1.74 bits per heavy atom. The molecular weight excluding hydrogens is 314 g/mol. The number of rotatable bonds is 7. The number of pyridine rings is 1. The molecule has 0 aliphatic heterocycles. The maximum atomic E-state index is 12.1. The molecule has 0 fully saturated rings. The SMILES string of the molecule is Cc1ccc(S(=O)(=O)NCCC(=O)NCc2ccncc2)cc1. The molecule has 6 nitrogen and oxygen atoms in total. The molecule has 2 N–H and O–H groups in total. The van der Waals surface area contributed by atoms with Crippen LogP contribution in [0.2, 0.25) is 0 Å². The molecule has 2 aromatic rings. The van der Waals surface area contributed by atoms with Crippen molar-refractivity contribution in [3.63, 3.8) is 0 Å². The van der Waals surface area contributed by atoms with E-state index >= 15 is 0 Å². The van der Waals surface area contributed by atoms with Gasteiger partial charge in [0.2, 0.25) is 15.9 Å². The van der Waals surface area contributed by atoms with Crippen LogP contribution < -0.4 is 10.0 Å². The summed E-state index contributed by atoms with van der Waals surface area (Å²) in [6.45, 7) is 2.33. The first-order valence-electron chi connectivity index (χ1n) is 7.19. The lowest BCUT2D eigenvalue weighted by atomic mass is 10.2. The second-order valence-corrected chi connectivity index (χ2v) is 6.86. The average molecular weight is 333 g/mol. The van der Waals surface area contributed by atoms with Crippen LogP contribution in [0.1, 0.15) is 17.5 Å². The second kappa shape index (κ2) is 7.85. The zero-order chi connectivity index (χ0) is 16.7. The molecule has 2 rings (SSSR count). The molecule has 0 bridgehead atoms. The van der Waals surface area contributed by atoms with E-state index in [4.69, 9.17) is 0 Å². The number of hydrogen-bond acceptors (Lipinski definition) is 4. The Bertz CT molecular complexity index is 744. The van der Waals surface area contributed by atoms with Gasteiger partial charge < -0.3 is 5.32 Å². The third-order valence-electron chi connectivity index (χ3n) is 3.21. The van der Waals surface area contributed by atoms with E-state index in [1.54, 1.807) is 48.8 Å². The maximum absolute atomic E-state index is 12.1. The number of carbonyl (C=O) groups is 1. The Balaban J connectivity index is 1.77. The highest BCUT2D eigenvalue weighted by Crippen LogP contribution is 2.09. The minimum absolute atomic E-state index is 0.0540. The molecule has 0 atom stereocenters. The summed E-state index contributed by atoms with van der Waals surface area (Å²) in [5.41, 5.74) is 1.92. The third kappa shape index (κ3) is 5.46. The molecule has 0 aliphatic rings. The van der Waals surface area contributed by atoms with Gasteiger partial charge in [-0.05, 0) is 36.8 Å². The van der Waals surface area contributed by atoms with E-state index in [0.717, 1.165) is 11.1 Å². The zero-order valence-electron chi connectivity index (χ0n) is 12.8. The molecule has 0 saturated carbocycles. The number of hydrogen-bond donors (Lipinski definition) is 2. The van der Waals surface area contributed by atoms with E-state index in [9.17, 15) is 13.2 Å². The highest BCUT2D eigenvalue weighted by Gasteiger charge is 2.13. The average Bonchev–Trinajstić information content (AvgIpc) is 2.54. The fraction of sp³-hybridized carbons (Fsp3) is 0.250. The fourth-order valence-electron chi connectivity index (χ4n) is 1.89. The van der Waals surface area contributed by atoms with Crippen molar-refractivity contribution in [1.82, 2.24) is 15.0 Å². The highest BCUT2D eigenvalue weighted by atomic mass is 32.2. The van der Waals surface area contributed by atoms with Gasteiger partial charge in [0.1, 0.15) is 0 Å². The first kappa shape index (κ1) is 17.1. The van der Waals surface area contributed by atoms with Crippen LogP contribution in [0.4, 0.5) is 0 Å². The number of aromatic nitrogens is 1. The van der Waals surface area contributed by atoms with Crippen molar-refractivity contribution in [3.8, 4) is 0 Å². The quantitative estimate of drug-likeness (QED) is 0.801. The van der Waals surface area contributed by atoms with Crippen molar-refractivity contribution in [2.24, 2.45) is 0 Å². The van der Waals surface area contributed by atoms with Crippen LogP contribution in [-0.4, -0.2) is 25.9 Å². The Hall–Kier alpha value is -2.25. The van der Waals surface area contributed by atoms with E-state index in [-0.39, 0.29) is 23.8 Å². The molecule has 7 heteroatoms. The number of aryl methyl sites for hydroxylation is 1. The van der Waals surface area contributed by atoms with Crippen LogP contribution in [0.3, 0.4) is 0 Å². The molecule has 0 unspecified atom stereocenters. The molecular formula is C16H19N3O3S. The van der Waals surface area contributed by atoms with Gasteiger partial charge in [0.05, 0.1) is 4.90 Å². The van der Waals surface area contributed by atoms with Gasteiger partial charge in [0, 0.05) is 31.9 Å². The summed E-state index contributed by atoms with van der Waals surface area (Å²) in [4.78, 5) is 15.8. The van der Waals surface area contributed by atoms with Crippen molar-refractivity contribution in [2.75, 3.05) is 6.54 Å². The lowest BCUT2D eigenvalue weighted by Crippen LogP contribution is -2.30. The van der Waals surface area contributed by atoms with Crippen molar-refractivity contribution in [1.29, 1.82) is 0 Å². The van der Waals surface area contributed by atoms with Gasteiger partial charge in [0.25, 0.3) is 0 Å². The minimum atomic E-state index is -3.58. The number of nitrogens with one attached hydrogen (secondary N) is 2. The van der Waals surface area contributed by atoms with Crippen LogP contribution >= 0.6 is 0 Å². The van der Waals surface area contributed by atoms with E-state index in [2.05, 4.69) is 15.0 Å². The van der Waals surface area contributed by atoms with Crippen LogP contribution in [-0.2, 0) is 21.4 Å². The number of benzene rings is 1. The zero-order valence-corrected chi connectivity index (χ0v) is 13.6. The molecule has 1 aromatic heterocycles. The highest BCUT2D eigenvalue weighted by molar-refractivity contribution is 7.89.